The Labute approximate surface area is 343 Å². The average molecular weight is 943 g/mol. The van der Waals surface area contributed by atoms with Crippen molar-refractivity contribution in [3.05, 3.63) is 138 Å². The predicted octanol–water partition coefficient (Wildman–Crippen LogP) is 13.3. The van der Waals surface area contributed by atoms with Crippen molar-refractivity contribution >= 4 is 44.8 Å². The van der Waals surface area contributed by atoms with Crippen LogP contribution in [0, 0.1) is 35.6 Å². The predicted molar refractivity (Wildman–Crippen MR) is 227 cm³/mol. The van der Waals surface area contributed by atoms with Gasteiger partial charge in [0, 0.05) is 42.8 Å². The van der Waals surface area contributed by atoms with Crippen molar-refractivity contribution in [1.29, 1.82) is 0 Å². The molecule has 0 N–H and O–H groups in total. The van der Waals surface area contributed by atoms with Crippen LogP contribution >= 0.6 is 11.3 Å². The molecule has 0 atom stereocenters. The molecule has 3 heterocycles. The molecule has 0 amide bonds. The number of rotatable bonds is 8. The quantitative estimate of drug-likeness (QED) is 0.112. The van der Waals surface area contributed by atoms with E-state index in [9.17, 15) is 8.78 Å². The molecule has 0 aliphatic heterocycles. The summed E-state index contributed by atoms with van der Waals surface area (Å²) < 4.78 is 30.3. The van der Waals surface area contributed by atoms with Gasteiger partial charge in [-0.15, -0.1) is 59.7 Å². The molecule has 1 radical (unpaired) electrons. The number of aromatic nitrogens is 2. The Morgan fingerprint density at radius 2 is 1.64 bits per heavy atom. The summed E-state index contributed by atoms with van der Waals surface area (Å²) in [4.78, 5) is 9.38. The summed E-state index contributed by atoms with van der Waals surface area (Å²) in [5.74, 6) is 0.577. The van der Waals surface area contributed by atoms with Gasteiger partial charge in [0.25, 0.3) is 0 Å². The van der Waals surface area contributed by atoms with Gasteiger partial charge in [-0.3, -0.25) is 0 Å². The van der Waals surface area contributed by atoms with Gasteiger partial charge in [-0.1, -0.05) is 106 Å². The maximum atomic E-state index is 14.4. The third-order valence-electron chi connectivity index (χ3n) is 10.4. The summed E-state index contributed by atoms with van der Waals surface area (Å²) in [5, 5.41) is 3.74. The van der Waals surface area contributed by atoms with Gasteiger partial charge in [-0.2, -0.15) is 11.3 Å². The Kier molecular flexibility index (Phi) is 13.3. The van der Waals surface area contributed by atoms with Gasteiger partial charge < -0.3 is 9.97 Å². The summed E-state index contributed by atoms with van der Waals surface area (Å²) in [6, 6.07) is 34.8. The molecule has 1 fully saturated rings. The third-order valence-corrected chi connectivity index (χ3v) is 13.7. The number of pyridine rings is 2. The van der Waals surface area contributed by atoms with Gasteiger partial charge in [-0.25, -0.2) is 8.78 Å². The topological polar surface area (TPSA) is 25.8 Å². The van der Waals surface area contributed by atoms with Crippen LogP contribution in [-0.2, 0) is 32.9 Å². The number of benzene rings is 4. The van der Waals surface area contributed by atoms with E-state index in [-0.39, 0.29) is 25.7 Å². The van der Waals surface area contributed by atoms with Crippen LogP contribution in [0.5, 0.6) is 0 Å². The van der Waals surface area contributed by atoms with E-state index in [4.69, 9.17) is 4.98 Å². The summed E-state index contributed by atoms with van der Waals surface area (Å²) >= 11 is 1.66. The van der Waals surface area contributed by atoms with Crippen LogP contribution in [-0.4, -0.2) is 18.0 Å². The van der Waals surface area contributed by atoms with E-state index >= 15 is 0 Å². The molecular formula is C48H48F2IrN2SSi-2. The van der Waals surface area contributed by atoms with Gasteiger partial charge in [0.1, 0.15) is 11.6 Å². The van der Waals surface area contributed by atoms with Crippen molar-refractivity contribution in [3.63, 3.8) is 0 Å². The van der Waals surface area contributed by atoms with E-state index in [0.29, 0.717) is 11.5 Å². The van der Waals surface area contributed by atoms with Crippen LogP contribution < -0.4 is 5.19 Å². The molecule has 4 aromatic carbocycles. The van der Waals surface area contributed by atoms with Crippen LogP contribution in [0.4, 0.5) is 8.78 Å². The molecule has 55 heavy (non-hydrogen) atoms. The summed E-state index contributed by atoms with van der Waals surface area (Å²) in [5.41, 5.74) is 7.85. The van der Waals surface area contributed by atoms with E-state index in [1.807, 2.05) is 48.7 Å². The first-order valence-corrected chi connectivity index (χ1v) is 23.6. The minimum atomic E-state index is -1.34. The van der Waals surface area contributed by atoms with Crippen LogP contribution in [0.15, 0.2) is 103 Å². The van der Waals surface area contributed by atoms with Gasteiger partial charge >= 0.3 is 0 Å². The SMILES string of the molecule is CC(C)Cc1cc(-c2[c-]cccc2)ncc1[Si](C)(C)C.Fc1ccc(F)c(-c2ccc3c(c2)sc2c(-c4cc(CC5CCCCC5)ccn4)[c-]ccc23)c1.[Ir]. The Bertz CT molecular complexity index is 2380. The third kappa shape index (κ3) is 9.75. The zero-order valence-electron chi connectivity index (χ0n) is 32.3. The van der Waals surface area contributed by atoms with Crippen LogP contribution in [0.3, 0.4) is 0 Å². The number of hydrogen-bond acceptors (Lipinski definition) is 3. The second-order valence-corrected chi connectivity index (χ2v) is 22.2. The van der Waals surface area contributed by atoms with E-state index in [0.717, 1.165) is 67.5 Å². The molecule has 7 aromatic rings. The fraction of sp³-hybridized carbons (Fsp3) is 0.292. The fourth-order valence-electron chi connectivity index (χ4n) is 7.76. The normalized spacial score (nSPS) is 13.5. The van der Waals surface area contributed by atoms with Gasteiger partial charge in [0.15, 0.2) is 0 Å². The van der Waals surface area contributed by atoms with E-state index in [2.05, 4.69) is 87.1 Å². The average Bonchev–Trinajstić information content (AvgIpc) is 3.54. The molecule has 0 saturated heterocycles. The Balaban J connectivity index is 0.000000211. The van der Waals surface area contributed by atoms with Crippen molar-refractivity contribution in [2.45, 2.75) is 78.4 Å². The molecule has 7 heteroatoms. The van der Waals surface area contributed by atoms with E-state index in [1.54, 1.807) is 11.3 Å². The standard InChI is InChI=1S/C30H24F2NS.C18H24NSi.Ir/c31-22-10-12-27(32)26(18-22)21-9-11-23-24-7-4-8-25(30(24)34-29(23)17-21)28-16-20(13-14-33-28)15-19-5-2-1-3-6-19;1-14(2)11-16-12-17(15-9-7-6-8-10-15)19-13-18(16)20(3,4)5;/h4,7,9-14,16-19H,1-3,5-6,15H2;6-9,12-14H,11H2,1-5H3;/q2*-1;. The summed E-state index contributed by atoms with van der Waals surface area (Å²) in [6.45, 7) is 11.7. The zero-order valence-corrected chi connectivity index (χ0v) is 36.5. The molecular weight excluding hydrogens is 895 g/mol. The molecule has 0 spiro atoms. The second-order valence-electron chi connectivity index (χ2n) is 16.1. The minimum Gasteiger partial charge on any atom is -0.305 e. The number of fused-ring (bicyclic) bond motifs is 3. The van der Waals surface area contributed by atoms with Crippen molar-refractivity contribution < 1.29 is 28.9 Å². The van der Waals surface area contributed by atoms with Gasteiger partial charge in [0.2, 0.25) is 0 Å². The maximum absolute atomic E-state index is 14.4. The second kappa shape index (κ2) is 17.9. The molecule has 3 aromatic heterocycles. The van der Waals surface area contributed by atoms with Crippen molar-refractivity contribution in [1.82, 2.24) is 9.97 Å². The first-order chi connectivity index (χ1) is 26.0. The largest absolute Gasteiger partial charge is 0.305 e. The van der Waals surface area contributed by atoms with Crippen LogP contribution in [0.2, 0.25) is 19.6 Å². The number of hydrogen-bond donors (Lipinski definition) is 0. The van der Waals surface area contributed by atoms with Crippen LogP contribution in [0.1, 0.15) is 57.1 Å². The smallest absolute Gasteiger partial charge is 0.131 e. The van der Waals surface area contributed by atoms with E-state index in [1.165, 1.54) is 60.6 Å². The number of halogens is 2. The van der Waals surface area contributed by atoms with Crippen molar-refractivity contribution in [3.8, 4) is 33.6 Å². The molecule has 8 rings (SSSR count). The summed E-state index contributed by atoms with van der Waals surface area (Å²) in [6.07, 6.45) is 13.0. The number of nitrogens with zero attached hydrogens (tertiary/aromatic N) is 2. The fourth-order valence-corrected chi connectivity index (χ4v) is 10.6. The maximum Gasteiger partial charge on any atom is 0.131 e. The Morgan fingerprint density at radius 3 is 2.38 bits per heavy atom. The molecule has 0 unspecified atom stereocenters. The Hall–Kier alpha value is -3.87. The van der Waals surface area contributed by atoms with Crippen LogP contribution in [0.25, 0.3) is 53.8 Å². The zero-order chi connectivity index (χ0) is 37.8. The minimum absolute atomic E-state index is 0. The molecule has 0 bridgehead atoms. The Morgan fingerprint density at radius 1 is 0.818 bits per heavy atom. The summed E-state index contributed by atoms with van der Waals surface area (Å²) in [7, 11) is -1.34. The number of thiophene rings is 1. The van der Waals surface area contributed by atoms with E-state index < -0.39 is 19.7 Å². The van der Waals surface area contributed by atoms with Crippen molar-refractivity contribution in [2.24, 2.45) is 11.8 Å². The van der Waals surface area contributed by atoms with Crippen molar-refractivity contribution in [2.75, 3.05) is 0 Å². The first kappa shape index (κ1) is 40.8. The van der Waals surface area contributed by atoms with Gasteiger partial charge in [-0.05, 0) is 87.2 Å². The first-order valence-electron chi connectivity index (χ1n) is 19.3. The molecule has 1 aliphatic carbocycles. The molecule has 285 valence electrons. The monoisotopic (exact) mass is 943 g/mol. The molecule has 1 saturated carbocycles. The molecule has 2 nitrogen and oxygen atoms in total. The molecule has 1 aliphatic rings. The van der Waals surface area contributed by atoms with Gasteiger partial charge in [0.05, 0.1) is 8.07 Å².